The van der Waals surface area contributed by atoms with Gasteiger partial charge in [0.05, 0.1) is 29.9 Å². The minimum atomic E-state index is -1.62. The number of imidazole rings is 1. The number of carbonyl (C=O) groups excluding carboxylic acids is 4. The molecule has 2 aliphatic rings. The molecule has 1 saturated heterocycles. The number of para-hydroxylation sites is 1. The first-order valence-electron chi connectivity index (χ1n) is 20.4. The van der Waals surface area contributed by atoms with Gasteiger partial charge in [-0.05, 0) is 97.3 Å². The van der Waals surface area contributed by atoms with Crippen LogP contribution in [0.25, 0.3) is 17.0 Å². The zero-order valence-corrected chi connectivity index (χ0v) is 35.9. The average Bonchev–Trinajstić information content (AvgIpc) is 3.75. The van der Waals surface area contributed by atoms with Crippen LogP contribution in [0.2, 0.25) is 0 Å². The highest BCUT2D eigenvalue weighted by Gasteiger charge is 2.50. The van der Waals surface area contributed by atoms with E-state index < -0.39 is 71.4 Å². The van der Waals surface area contributed by atoms with Crippen LogP contribution in [-0.2, 0) is 38.1 Å². The maximum atomic E-state index is 14.5. The lowest BCUT2D eigenvalue weighted by molar-refractivity contribution is -0.296. The topological polar surface area (TPSA) is 169 Å². The molecule has 5 rings (SSSR count). The Balaban J connectivity index is 1.57. The van der Waals surface area contributed by atoms with Crippen LogP contribution in [0, 0.1) is 17.8 Å². The van der Waals surface area contributed by atoms with Gasteiger partial charge in [-0.2, -0.15) is 0 Å². The van der Waals surface area contributed by atoms with Gasteiger partial charge in [-0.3, -0.25) is 19.4 Å². The Morgan fingerprint density at radius 1 is 1.12 bits per heavy atom. The number of hydrogen-bond donors (Lipinski definition) is 1. The molecule has 0 spiro atoms. The van der Waals surface area contributed by atoms with E-state index in [4.69, 9.17) is 23.7 Å². The highest BCUT2D eigenvalue weighted by atomic mass is 16.7. The summed E-state index contributed by atoms with van der Waals surface area (Å²) in [5, 5.41) is 12.6. The molecule has 1 N–H and O–H groups in total. The van der Waals surface area contributed by atoms with Crippen molar-refractivity contribution in [1.29, 1.82) is 0 Å². The van der Waals surface area contributed by atoms with Gasteiger partial charge in [0.15, 0.2) is 23.5 Å². The van der Waals surface area contributed by atoms with Gasteiger partial charge >= 0.3 is 12.1 Å². The van der Waals surface area contributed by atoms with E-state index in [-0.39, 0.29) is 43.0 Å². The van der Waals surface area contributed by atoms with Crippen molar-refractivity contribution in [3.8, 4) is 0 Å². The molecule has 14 nitrogen and oxygen atoms in total. The van der Waals surface area contributed by atoms with Crippen molar-refractivity contribution in [2.75, 3.05) is 20.7 Å². The van der Waals surface area contributed by atoms with E-state index in [2.05, 4.69) is 9.97 Å². The molecular weight excluding hydrogens is 757 g/mol. The number of fused-ring (bicyclic) bond motifs is 1. The van der Waals surface area contributed by atoms with Crippen LogP contribution in [0.15, 0.2) is 73.0 Å². The highest BCUT2D eigenvalue weighted by Crippen LogP contribution is 2.38. The van der Waals surface area contributed by atoms with Crippen LogP contribution < -0.4 is 0 Å². The molecule has 59 heavy (non-hydrogen) atoms. The Labute approximate surface area is 346 Å². The third kappa shape index (κ3) is 10.6. The number of aliphatic hydroxyl groups is 1. The Morgan fingerprint density at radius 2 is 1.85 bits per heavy atom. The zero-order chi connectivity index (χ0) is 43.2. The van der Waals surface area contributed by atoms with E-state index in [1.165, 1.54) is 31.7 Å². The fourth-order valence-corrected chi connectivity index (χ4v) is 8.34. The van der Waals surface area contributed by atoms with Crippen molar-refractivity contribution in [2.45, 2.75) is 123 Å². The summed E-state index contributed by atoms with van der Waals surface area (Å²) in [7, 11) is 3.73. The smallest absolute Gasteiger partial charge is 0.420 e. The number of allylic oxidation sites excluding steroid dienone is 1. The van der Waals surface area contributed by atoms with Gasteiger partial charge in [-0.1, -0.05) is 51.1 Å². The predicted octanol–water partition coefficient (Wildman–Crippen LogP) is 6.19. The van der Waals surface area contributed by atoms with Crippen molar-refractivity contribution in [2.24, 2.45) is 17.8 Å². The first-order chi connectivity index (χ1) is 27.9. The number of aliphatic hydroxyl groups excluding tert-OH is 1. The lowest BCUT2D eigenvalue weighted by Gasteiger charge is -2.47. The number of pyridine rings is 1. The number of carbonyl (C=O) groups is 4. The number of esters is 1. The molecule has 1 fully saturated rings. The van der Waals surface area contributed by atoms with Crippen LogP contribution >= 0.6 is 0 Å². The van der Waals surface area contributed by atoms with Crippen LogP contribution in [0.1, 0.15) is 80.2 Å². The molecule has 320 valence electrons. The quantitative estimate of drug-likeness (QED) is 0.192. The summed E-state index contributed by atoms with van der Waals surface area (Å²) < 4.78 is 32.8. The fourth-order valence-electron chi connectivity index (χ4n) is 8.34. The monoisotopic (exact) mass is 816 g/mol. The molecular formula is C45H60N4O10. The molecule has 4 heterocycles. The largest absolute Gasteiger partial charge is 0.457 e. The Bertz CT molecular complexity index is 2020. The molecule has 0 amide bonds. The third-order valence-corrected chi connectivity index (χ3v) is 11.6. The molecule has 0 saturated carbocycles. The first-order valence-corrected chi connectivity index (χ1v) is 20.4. The Kier molecular flexibility index (Phi) is 14.8. The Hall–Kier alpha value is -4.60. The SMILES string of the molecule is CC[C@H]1OC(=O)[C@H](C)C(=O)[C@H](C)[C@@H](O[C@@H]2O[C@H](C)C[C@H](N(C)C)[C@H]2O)[C@](C)(OC/C=C/c2cnc3ccccc3c2)C[C@@H](C)C(=O)/C(C)=C/[C@]1(C)OC(=O)n1ccnc1. The van der Waals surface area contributed by atoms with Gasteiger partial charge in [0.25, 0.3) is 0 Å². The van der Waals surface area contributed by atoms with Gasteiger partial charge in [-0.25, -0.2) is 14.3 Å². The molecule has 0 bridgehead atoms. The number of likely N-dealkylation sites (N-methyl/N-ethyl adjacent to an activating group) is 1. The molecule has 2 aliphatic heterocycles. The lowest BCUT2D eigenvalue weighted by atomic mass is 9.76. The van der Waals surface area contributed by atoms with Crippen LogP contribution in [0.5, 0.6) is 0 Å². The molecule has 1 aromatic carbocycles. The molecule has 0 aliphatic carbocycles. The van der Waals surface area contributed by atoms with Crippen LogP contribution in [-0.4, -0.2) is 117 Å². The summed E-state index contributed by atoms with van der Waals surface area (Å²) in [6, 6.07) is 9.50. The third-order valence-electron chi connectivity index (χ3n) is 11.6. The lowest BCUT2D eigenvalue weighted by Crippen LogP contribution is -2.59. The average molecular weight is 817 g/mol. The standard InChI is InChI=1S/C45H60N4O10/c1-11-36-44(7,59-43(54)49-19-18-46-26-49)23-27(2)37(50)28(3)24-45(8,55-20-14-15-32-22-33-16-12-13-17-34(33)47-25-32)40(30(5)38(51)31(6)41(53)57-36)58-42-39(52)35(48(9)10)21-29(4)56-42/h12-19,22-23,25-26,28-31,35-36,39-40,42,52H,11,20-21,24H2,1-10H3/b15-14+,27-23+/t28-,29-,30+,31-,35+,36-,39-,40-,42+,44+,45-/m1/s1. The van der Waals surface area contributed by atoms with Crippen molar-refractivity contribution in [3.63, 3.8) is 0 Å². The first kappa shape index (κ1) is 45.5. The van der Waals surface area contributed by atoms with E-state index >= 15 is 0 Å². The minimum absolute atomic E-state index is 0.0443. The van der Waals surface area contributed by atoms with Gasteiger partial charge in [-0.15, -0.1) is 0 Å². The van der Waals surface area contributed by atoms with Crippen molar-refractivity contribution in [3.05, 3.63) is 78.5 Å². The van der Waals surface area contributed by atoms with Crippen LogP contribution in [0.4, 0.5) is 4.79 Å². The number of hydrogen-bond acceptors (Lipinski definition) is 13. The number of benzene rings is 1. The second-order valence-electron chi connectivity index (χ2n) is 16.7. The van der Waals surface area contributed by atoms with Crippen molar-refractivity contribution in [1.82, 2.24) is 19.4 Å². The summed E-state index contributed by atoms with van der Waals surface area (Å²) in [6.07, 6.45) is 6.32. The number of aromatic nitrogens is 3. The van der Waals surface area contributed by atoms with Gasteiger partial charge in [0.2, 0.25) is 0 Å². The number of Topliss-reactive ketones (excluding diaryl/α,β-unsaturated/α-hetero) is 2. The van der Waals surface area contributed by atoms with Crippen molar-refractivity contribution < 1.29 is 48.0 Å². The minimum Gasteiger partial charge on any atom is -0.457 e. The number of cyclic esters (lactones) is 1. The summed E-state index contributed by atoms with van der Waals surface area (Å²) in [5.41, 5.74) is -1.02. The maximum absolute atomic E-state index is 14.5. The van der Waals surface area contributed by atoms with Crippen LogP contribution in [0.3, 0.4) is 0 Å². The van der Waals surface area contributed by atoms with E-state index in [0.29, 0.717) is 6.42 Å². The number of nitrogens with zero attached hydrogens (tertiary/aromatic N) is 4. The van der Waals surface area contributed by atoms with E-state index in [1.807, 2.05) is 68.4 Å². The molecule has 3 aromatic rings. The second kappa shape index (κ2) is 19.2. The summed E-state index contributed by atoms with van der Waals surface area (Å²) in [4.78, 5) is 66.6. The zero-order valence-electron chi connectivity index (χ0n) is 35.9. The summed E-state index contributed by atoms with van der Waals surface area (Å²) in [5.74, 6) is -4.69. The number of ketones is 2. The molecule has 11 atom stereocenters. The van der Waals surface area contributed by atoms with Gasteiger partial charge in [0.1, 0.15) is 24.5 Å². The van der Waals surface area contributed by atoms with Gasteiger partial charge < -0.3 is 33.7 Å². The number of ether oxygens (including phenoxy) is 5. The molecule has 14 heteroatoms. The molecule has 0 unspecified atom stereocenters. The van der Waals surface area contributed by atoms with E-state index in [1.54, 1.807) is 47.7 Å². The highest BCUT2D eigenvalue weighted by molar-refractivity contribution is 6.00. The Morgan fingerprint density at radius 3 is 2.53 bits per heavy atom. The van der Waals surface area contributed by atoms with Crippen molar-refractivity contribution >= 4 is 40.6 Å². The maximum Gasteiger partial charge on any atom is 0.420 e. The van der Waals surface area contributed by atoms with E-state index in [0.717, 1.165) is 21.0 Å². The molecule has 0 radical (unpaired) electrons. The summed E-state index contributed by atoms with van der Waals surface area (Å²) >= 11 is 0. The second-order valence-corrected chi connectivity index (χ2v) is 16.7. The van der Waals surface area contributed by atoms with Gasteiger partial charge in [0, 0.05) is 41.9 Å². The predicted molar refractivity (Wildman–Crippen MR) is 221 cm³/mol. The fraction of sp³-hybridized carbons (Fsp3) is 0.556. The number of rotatable bonds is 9. The molecule has 2 aromatic heterocycles. The normalized spacial score (nSPS) is 33.7. The summed E-state index contributed by atoms with van der Waals surface area (Å²) in [6.45, 7) is 13.5. The van der Waals surface area contributed by atoms with E-state index in [9.17, 15) is 24.3 Å².